The number of rotatable bonds is 7. The normalized spacial score (nSPS) is 14.8. The zero-order valence-electron chi connectivity index (χ0n) is 22.9. The molecular formula is C30H37N5O2S. The first-order chi connectivity index (χ1) is 18.1. The van der Waals surface area contributed by atoms with E-state index in [-0.39, 0.29) is 23.3 Å². The molecule has 1 fully saturated rings. The van der Waals surface area contributed by atoms with Crippen molar-refractivity contribution in [2.24, 2.45) is 0 Å². The zero-order chi connectivity index (χ0) is 27.3. The van der Waals surface area contributed by atoms with E-state index < -0.39 is 0 Å². The fraction of sp³-hybridized carbons (Fsp3) is 0.400. The molecule has 2 heterocycles. The van der Waals surface area contributed by atoms with Crippen LogP contribution in [0.5, 0.6) is 0 Å². The van der Waals surface area contributed by atoms with Gasteiger partial charge in [-0.15, -0.1) is 0 Å². The van der Waals surface area contributed by atoms with E-state index in [4.69, 9.17) is 9.97 Å². The Bertz CT molecular complexity index is 1250. The number of thioether (sulfide) groups is 1. The second-order valence-electron chi connectivity index (χ2n) is 10.7. The fourth-order valence-electron chi connectivity index (χ4n) is 4.28. The van der Waals surface area contributed by atoms with E-state index in [1.807, 2.05) is 66.4 Å². The second-order valence-corrected chi connectivity index (χ2v) is 11.7. The first-order valence-electron chi connectivity index (χ1n) is 13.1. The van der Waals surface area contributed by atoms with E-state index in [0.29, 0.717) is 24.4 Å². The van der Waals surface area contributed by atoms with Crippen molar-refractivity contribution in [3.8, 4) is 0 Å². The molecule has 8 heteroatoms. The first-order valence-corrected chi connectivity index (χ1v) is 14.1. The number of hydrogen-bond acceptors (Lipinski definition) is 6. The summed E-state index contributed by atoms with van der Waals surface area (Å²) in [6.45, 7) is 13.0. The summed E-state index contributed by atoms with van der Waals surface area (Å²) in [7, 11) is 0. The Balaban J connectivity index is 1.41. The van der Waals surface area contributed by atoms with Gasteiger partial charge >= 0.3 is 0 Å². The van der Waals surface area contributed by atoms with Crippen LogP contribution >= 0.6 is 11.8 Å². The molecule has 0 bridgehead atoms. The van der Waals surface area contributed by atoms with Crippen LogP contribution in [-0.2, 0) is 16.0 Å². The average Bonchev–Trinajstić information content (AvgIpc) is 2.92. The molecule has 3 aromatic rings. The number of carbonyl (C=O) groups excluding carboxylic acids is 2. The molecule has 0 unspecified atom stereocenters. The van der Waals surface area contributed by atoms with Crippen LogP contribution in [0.25, 0.3) is 0 Å². The fourth-order valence-corrected chi connectivity index (χ4v) is 5.09. The van der Waals surface area contributed by atoms with Crippen LogP contribution < -0.4 is 10.2 Å². The number of hydrogen-bond donors (Lipinski definition) is 1. The molecule has 38 heavy (non-hydrogen) atoms. The van der Waals surface area contributed by atoms with Gasteiger partial charge in [0.15, 0.2) is 5.16 Å². The lowest BCUT2D eigenvalue weighted by Gasteiger charge is -2.35. The van der Waals surface area contributed by atoms with Gasteiger partial charge in [0.2, 0.25) is 5.91 Å². The van der Waals surface area contributed by atoms with Gasteiger partial charge in [-0.3, -0.25) is 9.59 Å². The van der Waals surface area contributed by atoms with Crippen LogP contribution in [0, 0.1) is 0 Å². The summed E-state index contributed by atoms with van der Waals surface area (Å²) in [6, 6.07) is 19.7. The Hall–Kier alpha value is -3.39. The molecule has 1 aliphatic heterocycles. The summed E-state index contributed by atoms with van der Waals surface area (Å²) in [4.78, 5) is 38.3. The average molecular weight is 532 g/mol. The highest BCUT2D eigenvalue weighted by Gasteiger charge is 2.24. The maximum Gasteiger partial charge on any atom is 0.251 e. The molecule has 4 rings (SSSR count). The quantitative estimate of drug-likeness (QED) is 0.332. The zero-order valence-corrected chi connectivity index (χ0v) is 23.7. The van der Waals surface area contributed by atoms with Crippen molar-refractivity contribution in [2.45, 2.75) is 57.0 Å². The summed E-state index contributed by atoms with van der Waals surface area (Å²) in [5.74, 6) is 1.65. The molecule has 1 aliphatic rings. The SMILES string of the molecule is CC(=O)N1CCN(c2cc(C(C)(C)C)nc(SCc3ccc(C(=O)N[C@H](C)c4ccccc4)cc3)n2)CC1. The lowest BCUT2D eigenvalue weighted by Crippen LogP contribution is -2.48. The largest absolute Gasteiger partial charge is 0.353 e. The van der Waals surface area contributed by atoms with Crippen LogP contribution in [0.4, 0.5) is 5.82 Å². The smallest absolute Gasteiger partial charge is 0.251 e. The van der Waals surface area contributed by atoms with E-state index in [9.17, 15) is 9.59 Å². The number of piperazine rings is 1. The number of nitrogens with one attached hydrogen (secondary N) is 1. The first kappa shape index (κ1) is 27.6. The Morgan fingerprint density at radius 3 is 2.24 bits per heavy atom. The summed E-state index contributed by atoms with van der Waals surface area (Å²) >= 11 is 1.60. The number of anilines is 1. The Labute approximate surface area is 230 Å². The minimum atomic E-state index is -0.111. The third kappa shape index (κ3) is 7.13. The van der Waals surface area contributed by atoms with Gasteiger partial charge in [0.05, 0.1) is 11.7 Å². The maximum absolute atomic E-state index is 12.7. The van der Waals surface area contributed by atoms with Crippen LogP contribution in [0.15, 0.2) is 65.8 Å². The topological polar surface area (TPSA) is 78.4 Å². The molecule has 7 nitrogen and oxygen atoms in total. The number of amides is 2. The minimum absolute atomic E-state index is 0.0641. The molecule has 1 aromatic heterocycles. The van der Waals surface area contributed by atoms with Gasteiger partial charge in [-0.25, -0.2) is 9.97 Å². The predicted octanol–water partition coefficient (Wildman–Crippen LogP) is 5.23. The van der Waals surface area contributed by atoms with Gasteiger partial charge in [-0.1, -0.05) is 75.0 Å². The van der Waals surface area contributed by atoms with Gasteiger partial charge in [0.25, 0.3) is 5.91 Å². The van der Waals surface area contributed by atoms with Gasteiger partial charge in [0.1, 0.15) is 5.82 Å². The highest BCUT2D eigenvalue weighted by Crippen LogP contribution is 2.29. The number of benzene rings is 2. The van der Waals surface area contributed by atoms with E-state index in [1.54, 1.807) is 18.7 Å². The van der Waals surface area contributed by atoms with E-state index in [1.165, 1.54) is 0 Å². The van der Waals surface area contributed by atoms with Crippen LogP contribution in [0.1, 0.15) is 67.8 Å². The minimum Gasteiger partial charge on any atom is -0.353 e. The molecule has 1 atom stereocenters. The Kier molecular flexibility index (Phi) is 8.72. The van der Waals surface area contributed by atoms with Crippen LogP contribution in [0.3, 0.4) is 0 Å². The summed E-state index contributed by atoms with van der Waals surface area (Å²) in [5.41, 5.74) is 3.70. The highest BCUT2D eigenvalue weighted by molar-refractivity contribution is 7.98. The Morgan fingerprint density at radius 2 is 1.63 bits per heavy atom. The van der Waals surface area contributed by atoms with Gasteiger partial charge in [-0.2, -0.15) is 0 Å². The summed E-state index contributed by atoms with van der Waals surface area (Å²) in [6.07, 6.45) is 0. The lowest BCUT2D eigenvalue weighted by atomic mass is 9.92. The molecule has 1 N–H and O–H groups in total. The van der Waals surface area contributed by atoms with E-state index >= 15 is 0 Å². The number of aromatic nitrogens is 2. The van der Waals surface area contributed by atoms with Crippen molar-refractivity contribution in [1.29, 1.82) is 0 Å². The third-order valence-electron chi connectivity index (χ3n) is 6.74. The monoisotopic (exact) mass is 531 g/mol. The molecule has 2 aromatic carbocycles. The van der Waals surface area contributed by atoms with Crippen molar-refractivity contribution >= 4 is 29.4 Å². The molecule has 1 saturated heterocycles. The highest BCUT2D eigenvalue weighted by atomic mass is 32.2. The molecule has 200 valence electrons. The molecular weight excluding hydrogens is 494 g/mol. The third-order valence-corrected chi connectivity index (χ3v) is 7.66. The van der Waals surface area contributed by atoms with Crippen molar-refractivity contribution in [3.05, 3.63) is 83.0 Å². The molecule has 0 radical (unpaired) electrons. The molecule has 0 aliphatic carbocycles. The molecule has 0 saturated carbocycles. The van der Waals surface area contributed by atoms with E-state index in [0.717, 1.165) is 40.9 Å². The van der Waals surface area contributed by atoms with E-state index in [2.05, 4.69) is 37.1 Å². The Morgan fingerprint density at radius 1 is 0.974 bits per heavy atom. The predicted molar refractivity (Wildman–Crippen MR) is 154 cm³/mol. The molecule has 2 amide bonds. The van der Waals surface area contributed by atoms with Crippen molar-refractivity contribution < 1.29 is 9.59 Å². The van der Waals surface area contributed by atoms with Crippen LogP contribution in [0.2, 0.25) is 0 Å². The molecule has 0 spiro atoms. The lowest BCUT2D eigenvalue weighted by molar-refractivity contribution is -0.129. The van der Waals surface area contributed by atoms with Gasteiger partial charge in [0, 0.05) is 55.9 Å². The van der Waals surface area contributed by atoms with Gasteiger partial charge < -0.3 is 15.1 Å². The standard InChI is InChI=1S/C30H37N5O2S/c1-21(24-9-7-6-8-10-24)31-28(37)25-13-11-23(12-14-25)20-38-29-32-26(30(3,4)5)19-27(33-29)35-17-15-34(16-18-35)22(2)36/h6-14,19,21H,15-18,20H2,1-5H3,(H,31,37)/t21-/m1/s1. The van der Waals surface area contributed by atoms with Crippen molar-refractivity contribution in [3.63, 3.8) is 0 Å². The van der Waals surface area contributed by atoms with Crippen LogP contribution in [-0.4, -0.2) is 52.9 Å². The maximum atomic E-state index is 12.7. The number of nitrogens with zero attached hydrogens (tertiary/aromatic N) is 4. The van der Waals surface area contributed by atoms with Crippen molar-refractivity contribution in [1.82, 2.24) is 20.2 Å². The summed E-state index contributed by atoms with van der Waals surface area (Å²) < 4.78 is 0. The van der Waals surface area contributed by atoms with Gasteiger partial charge in [-0.05, 0) is 30.2 Å². The second kappa shape index (κ2) is 12.0. The number of carbonyl (C=O) groups is 2. The van der Waals surface area contributed by atoms with Crippen molar-refractivity contribution in [2.75, 3.05) is 31.1 Å². The summed E-state index contributed by atoms with van der Waals surface area (Å²) in [5, 5.41) is 3.80.